The molecule has 1 aromatic heterocycles. The maximum atomic E-state index is 5.32. The maximum absolute atomic E-state index is 5.32. The molecule has 7 rings (SSSR count). The third kappa shape index (κ3) is 4.26. The number of hydrogen-bond donors (Lipinski definition) is 1. The molecule has 202 valence electrons. The second-order valence-electron chi connectivity index (χ2n) is 10.7. The summed E-state index contributed by atoms with van der Waals surface area (Å²) >= 11 is 0. The number of fused-ring (bicyclic) bond motifs is 4. The zero-order valence-electron chi connectivity index (χ0n) is 23.6. The Kier molecular flexibility index (Phi) is 5.93. The van der Waals surface area contributed by atoms with Crippen molar-refractivity contribution >= 4 is 40.2 Å². The SMILES string of the molecule is Cc1ccc(NC2=Nc3ccccc3N3C2=Nc2c(c(C)nn2-c2ccccc2)[C@@H]3c2ccc(N(C)C)cc2)cc1. The standard InChI is InChI=1S/C34H31N7/c1-22-14-18-25(19-15-22)35-32-34-37-33-30(23(2)38-41(33)27-10-6-5-7-11-27)31(24-16-20-26(21-17-24)39(3)4)40(34)29-13-9-8-12-28(29)36-32/h5-21,31H,1-4H3,(H,35,36)/t31-/m0/s1. The van der Waals surface area contributed by atoms with E-state index < -0.39 is 0 Å². The summed E-state index contributed by atoms with van der Waals surface area (Å²) in [5.74, 6) is 2.28. The Hall–Kier alpha value is -5.17. The van der Waals surface area contributed by atoms with Gasteiger partial charge in [0.05, 0.1) is 28.8 Å². The average molecular weight is 538 g/mol. The van der Waals surface area contributed by atoms with Crippen LogP contribution in [0.1, 0.15) is 28.4 Å². The molecule has 0 saturated heterocycles. The number of nitrogens with zero attached hydrogens (tertiary/aromatic N) is 6. The van der Waals surface area contributed by atoms with Crippen molar-refractivity contribution in [3.63, 3.8) is 0 Å². The van der Waals surface area contributed by atoms with Gasteiger partial charge in [0.2, 0.25) is 0 Å². The Morgan fingerprint density at radius 2 is 1.46 bits per heavy atom. The van der Waals surface area contributed by atoms with E-state index in [0.717, 1.165) is 56.9 Å². The molecule has 41 heavy (non-hydrogen) atoms. The van der Waals surface area contributed by atoms with Gasteiger partial charge in [-0.25, -0.2) is 14.7 Å². The normalized spacial score (nSPS) is 15.3. The van der Waals surface area contributed by atoms with E-state index in [4.69, 9.17) is 15.1 Å². The number of aromatic nitrogens is 2. The van der Waals surface area contributed by atoms with Crippen LogP contribution in [0.5, 0.6) is 0 Å². The third-order valence-electron chi connectivity index (χ3n) is 7.68. The largest absolute Gasteiger partial charge is 0.378 e. The topological polar surface area (TPSA) is 61.1 Å². The van der Waals surface area contributed by atoms with Crippen LogP contribution in [0.25, 0.3) is 5.69 Å². The van der Waals surface area contributed by atoms with Gasteiger partial charge in [0.1, 0.15) is 0 Å². The van der Waals surface area contributed by atoms with Crippen molar-refractivity contribution in [2.24, 2.45) is 9.98 Å². The summed E-state index contributed by atoms with van der Waals surface area (Å²) < 4.78 is 1.96. The van der Waals surface area contributed by atoms with Gasteiger partial charge in [-0.1, -0.05) is 60.2 Å². The number of aliphatic imine (C=N–C) groups is 2. The van der Waals surface area contributed by atoms with Crippen LogP contribution in [0.3, 0.4) is 0 Å². The van der Waals surface area contributed by atoms with E-state index in [1.807, 2.05) is 28.9 Å². The van der Waals surface area contributed by atoms with Crippen molar-refractivity contribution in [3.05, 3.63) is 126 Å². The Morgan fingerprint density at radius 1 is 0.756 bits per heavy atom. The van der Waals surface area contributed by atoms with Crippen molar-refractivity contribution in [2.45, 2.75) is 19.9 Å². The summed E-state index contributed by atoms with van der Waals surface area (Å²) in [6, 6.07) is 35.5. The molecule has 0 fully saturated rings. The van der Waals surface area contributed by atoms with Crippen LogP contribution in [-0.4, -0.2) is 35.5 Å². The van der Waals surface area contributed by atoms with E-state index in [1.165, 1.54) is 5.56 Å². The van der Waals surface area contributed by atoms with Crippen LogP contribution in [-0.2, 0) is 0 Å². The van der Waals surface area contributed by atoms with Crippen LogP contribution in [0, 0.1) is 13.8 Å². The second-order valence-corrected chi connectivity index (χ2v) is 10.7. The van der Waals surface area contributed by atoms with Gasteiger partial charge in [0, 0.05) is 31.0 Å². The minimum absolute atomic E-state index is 0.155. The van der Waals surface area contributed by atoms with Gasteiger partial charge in [0.15, 0.2) is 17.5 Å². The molecule has 3 heterocycles. The molecule has 2 aliphatic heterocycles. The number of benzene rings is 4. The smallest absolute Gasteiger partial charge is 0.179 e. The Morgan fingerprint density at radius 3 is 2.20 bits per heavy atom. The van der Waals surface area contributed by atoms with Crippen LogP contribution in [0.2, 0.25) is 0 Å². The number of anilines is 3. The fourth-order valence-corrected chi connectivity index (χ4v) is 5.59. The molecule has 0 amide bonds. The number of amidine groups is 2. The van der Waals surface area contributed by atoms with Crippen molar-refractivity contribution in [1.29, 1.82) is 0 Å². The number of aryl methyl sites for hydroxylation is 2. The molecule has 2 aliphatic rings. The first-order chi connectivity index (χ1) is 20.0. The summed E-state index contributed by atoms with van der Waals surface area (Å²) in [6.45, 7) is 4.17. The molecular weight excluding hydrogens is 506 g/mol. The highest BCUT2D eigenvalue weighted by Gasteiger charge is 2.41. The number of para-hydroxylation sites is 3. The monoisotopic (exact) mass is 537 g/mol. The molecule has 4 aromatic carbocycles. The molecule has 0 saturated carbocycles. The lowest BCUT2D eigenvalue weighted by atomic mass is 9.93. The highest BCUT2D eigenvalue weighted by Crippen LogP contribution is 2.48. The van der Waals surface area contributed by atoms with Gasteiger partial charge < -0.3 is 15.1 Å². The molecule has 7 heteroatoms. The quantitative estimate of drug-likeness (QED) is 0.260. The molecule has 5 aromatic rings. The van der Waals surface area contributed by atoms with E-state index >= 15 is 0 Å². The van der Waals surface area contributed by atoms with E-state index in [1.54, 1.807) is 0 Å². The van der Waals surface area contributed by atoms with Gasteiger partial charge in [-0.05, 0) is 67.9 Å². The molecule has 0 unspecified atom stereocenters. The van der Waals surface area contributed by atoms with Crippen LogP contribution in [0.4, 0.5) is 28.6 Å². The molecule has 0 bridgehead atoms. The van der Waals surface area contributed by atoms with E-state index in [2.05, 4.69) is 122 Å². The number of hydrogen-bond acceptors (Lipinski definition) is 6. The summed E-state index contributed by atoms with van der Waals surface area (Å²) in [7, 11) is 4.12. The highest BCUT2D eigenvalue weighted by molar-refractivity contribution is 6.51. The van der Waals surface area contributed by atoms with Gasteiger partial charge in [-0.15, -0.1) is 0 Å². The van der Waals surface area contributed by atoms with Gasteiger partial charge in [-0.2, -0.15) is 5.10 Å². The Labute approximate surface area is 240 Å². The minimum Gasteiger partial charge on any atom is -0.378 e. The first-order valence-electron chi connectivity index (χ1n) is 13.8. The molecule has 0 radical (unpaired) electrons. The number of rotatable bonds is 4. The van der Waals surface area contributed by atoms with Crippen LogP contribution < -0.4 is 15.1 Å². The lowest BCUT2D eigenvalue weighted by Crippen LogP contribution is -2.46. The summed E-state index contributed by atoms with van der Waals surface area (Å²) in [6.07, 6.45) is 0. The van der Waals surface area contributed by atoms with Crippen molar-refractivity contribution in [3.8, 4) is 5.69 Å². The summed E-state index contributed by atoms with van der Waals surface area (Å²) in [4.78, 5) is 14.8. The van der Waals surface area contributed by atoms with Gasteiger partial charge >= 0.3 is 0 Å². The van der Waals surface area contributed by atoms with Crippen molar-refractivity contribution in [2.75, 3.05) is 29.2 Å². The van der Waals surface area contributed by atoms with Crippen molar-refractivity contribution in [1.82, 2.24) is 9.78 Å². The third-order valence-corrected chi connectivity index (χ3v) is 7.68. The highest BCUT2D eigenvalue weighted by atomic mass is 15.4. The minimum atomic E-state index is -0.155. The average Bonchev–Trinajstić information content (AvgIpc) is 3.33. The second kappa shape index (κ2) is 9.78. The van der Waals surface area contributed by atoms with E-state index in [-0.39, 0.29) is 6.04 Å². The molecular formula is C34H31N7. The van der Waals surface area contributed by atoms with Crippen molar-refractivity contribution < 1.29 is 0 Å². The Balaban J connectivity index is 1.48. The fourth-order valence-electron chi connectivity index (χ4n) is 5.59. The lowest BCUT2D eigenvalue weighted by Gasteiger charge is -2.40. The number of nitrogens with one attached hydrogen (secondary N) is 1. The molecule has 0 aliphatic carbocycles. The predicted octanol–water partition coefficient (Wildman–Crippen LogP) is 7.35. The molecule has 0 spiro atoms. The molecule has 1 atom stereocenters. The van der Waals surface area contributed by atoms with E-state index in [9.17, 15) is 0 Å². The van der Waals surface area contributed by atoms with Gasteiger partial charge in [0.25, 0.3) is 0 Å². The zero-order valence-corrected chi connectivity index (χ0v) is 23.6. The molecule has 7 nitrogen and oxygen atoms in total. The first kappa shape index (κ1) is 24.8. The fraction of sp³-hybridized carbons (Fsp3) is 0.147. The lowest BCUT2D eigenvalue weighted by molar-refractivity contribution is 0.815. The van der Waals surface area contributed by atoms with E-state index in [0.29, 0.717) is 5.84 Å². The van der Waals surface area contributed by atoms with Gasteiger partial charge in [-0.3, -0.25) is 0 Å². The molecule has 1 N–H and O–H groups in total. The zero-order chi connectivity index (χ0) is 28.1. The van der Waals surface area contributed by atoms with Crippen LogP contribution >= 0.6 is 0 Å². The first-order valence-corrected chi connectivity index (χ1v) is 13.8. The Bertz CT molecular complexity index is 1800. The predicted molar refractivity (Wildman–Crippen MR) is 169 cm³/mol. The summed E-state index contributed by atoms with van der Waals surface area (Å²) in [5.41, 5.74) is 9.38. The van der Waals surface area contributed by atoms with Crippen LogP contribution in [0.15, 0.2) is 113 Å². The maximum Gasteiger partial charge on any atom is 0.179 e. The summed E-state index contributed by atoms with van der Waals surface area (Å²) in [5, 5.41) is 8.61.